The lowest BCUT2D eigenvalue weighted by molar-refractivity contribution is -0.112. The number of amides is 1. The fourth-order valence-electron chi connectivity index (χ4n) is 2.38. The highest BCUT2D eigenvalue weighted by atomic mass is 16.1. The third-order valence-corrected chi connectivity index (χ3v) is 3.97. The Bertz CT molecular complexity index is 923. The summed E-state index contributed by atoms with van der Waals surface area (Å²) in [5.74, 6) is 1.26. The molecule has 0 aliphatic carbocycles. The van der Waals surface area contributed by atoms with Gasteiger partial charge in [-0.05, 0) is 51.1 Å². The average Bonchev–Trinajstić information content (AvgIpc) is 3.11. The van der Waals surface area contributed by atoms with Crippen LogP contribution in [-0.2, 0) is 4.79 Å². The van der Waals surface area contributed by atoms with Gasteiger partial charge in [0.15, 0.2) is 11.6 Å². The molecule has 0 saturated heterocycles. The first-order chi connectivity index (χ1) is 12.1. The number of nitrogens with one attached hydrogen (secondary N) is 2. The van der Waals surface area contributed by atoms with Crippen molar-refractivity contribution in [3.63, 3.8) is 0 Å². The molecule has 3 aromatic rings. The number of nitrogens with zero attached hydrogens (tertiary/aromatic N) is 2. The van der Waals surface area contributed by atoms with E-state index in [9.17, 15) is 4.79 Å². The molecule has 0 aliphatic heterocycles. The van der Waals surface area contributed by atoms with Crippen LogP contribution in [0.5, 0.6) is 0 Å². The van der Waals surface area contributed by atoms with Crippen LogP contribution in [0.4, 0.5) is 5.69 Å². The van der Waals surface area contributed by atoms with Crippen LogP contribution >= 0.6 is 0 Å². The van der Waals surface area contributed by atoms with Crippen molar-refractivity contribution < 1.29 is 4.79 Å². The van der Waals surface area contributed by atoms with Gasteiger partial charge in [-0.1, -0.05) is 29.8 Å². The predicted octanol–water partition coefficient (Wildman–Crippen LogP) is 4.35. The third kappa shape index (κ3) is 3.83. The molecule has 0 saturated carbocycles. The summed E-state index contributed by atoms with van der Waals surface area (Å²) in [6, 6.07) is 15.6. The van der Waals surface area contributed by atoms with Crippen LogP contribution in [0.3, 0.4) is 0 Å². The molecule has 2 aromatic carbocycles. The monoisotopic (exact) mass is 332 g/mol. The number of carbonyl (C=O) groups excluding carboxylic acids is 1. The van der Waals surface area contributed by atoms with Crippen LogP contribution in [0.25, 0.3) is 22.8 Å². The van der Waals surface area contributed by atoms with E-state index in [1.165, 1.54) is 5.56 Å². The van der Waals surface area contributed by atoms with Gasteiger partial charge in [-0.2, -0.15) is 5.10 Å². The summed E-state index contributed by atoms with van der Waals surface area (Å²) in [7, 11) is 0. The normalized spacial score (nSPS) is 11.4. The Morgan fingerprint density at radius 2 is 1.88 bits per heavy atom. The van der Waals surface area contributed by atoms with Gasteiger partial charge in [-0.15, -0.1) is 0 Å². The van der Waals surface area contributed by atoms with Crippen molar-refractivity contribution in [2.24, 2.45) is 0 Å². The van der Waals surface area contributed by atoms with Crippen molar-refractivity contribution in [3.8, 4) is 22.8 Å². The molecule has 5 heteroatoms. The van der Waals surface area contributed by atoms with E-state index in [2.05, 4.69) is 26.6 Å². The van der Waals surface area contributed by atoms with Gasteiger partial charge in [0.05, 0.1) is 0 Å². The van der Waals surface area contributed by atoms with Crippen molar-refractivity contribution in [3.05, 3.63) is 65.7 Å². The number of rotatable bonds is 4. The zero-order valence-electron chi connectivity index (χ0n) is 14.5. The molecule has 0 unspecified atom stereocenters. The SMILES string of the molecule is CC=C(C)C(=O)Nc1ccc(-c2nc(-c3cccc(C)c3)n[nH]2)cc1. The first kappa shape index (κ1) is 16.6. The fraction of sp³-hybridized carbons (Fsp3) is 0.150. The summed E-state index contributed by atoms with van der Waals surface area (Å²) in [4.78, 5) is 16.4. The lowest BCUT2D eigenvalue weighted by Gasteiger charge is -2.05. The molecular formula is C20H20N4O. The van der Waals surface area contributed by atoms with Crippen LogP contribution in [0.15, 0.2) is 60.2 Å². The Hall–Kier alpha value is -3.21. The number of aryl methyl sites for hydroxylation is 1. The first-order valence-corrected chi connectivity index (χ1v) is 8.11. The average molecular weight is 332 g/mol. The van der Waals surface area contributed by atoms with Gasteiger partial charge >= 0.3 is 0 Å². The minimum Gasteiger partial charge on any atom is -0.322 e. The maximum absolute atomic E-state index is 11.9. The van der Waals surface area contributed by atoms with E-state index in [4.69, 9.17) is 0 Å². The number of allylic oxidation sites excluding steroid dienone is 1. The van der Waals surface area contributed by atoms with E-state index in [0.717, 1.165) is 16.8 Å². The van der Waals surface area contributed by atoms with Crippen LogP contribution in [0.2, 0.25) is 0 Å². The van der Waals surface area contributed by atoms with E-state index in [0.29, 0.717) is 17.2 Å². The van der Waals surface area contributed by atoms with Crippen molar-refractivity contribution in [1.82, 2.24) is 15.2 Å². The summed E-state index contributed by atoms with van der Waals surface area (Å²) in [6.45, 7) is 5.66. The standard InChI is InChI=1S/C20H20N4O/c1-4-14(3)20(25)21-17-10-8-15(9-11-17)18-22-19(24-23-18)16-7-5-6-13(2)12-16/h4-12H,1-3H3,(H,21,25)(H,22,23,24). The Labute approximate surface area is 146 Å². The minimum atomic E-state index is -0.100. The number of anilines is 1. The maximum Gasteiger partial charge on any atom is 0.250 e. The lowest BCUT2D eigenvalue weighted by Crippen LogP contribution is -2.12. The molecule has 0 fully saturated rings. The third-order valence-electron chi connectivity index (χ3n) is 3.97. The highest BCUT2D eigenvalue weighted by Crippen LogP contribution is 2.22. The fourth-order valence-corrected chi connectivity index (χ4v) is 2.38. The Morgan fingerprint density at radius 1 is 1.12 bits per heavy atom. The summed E-state index contributed by atoms with van der Waals surface area (Å²) in [6.07, 6.45) is 1.78. The summed E-state index contributed by atoms with van der Waals surface area (Å²) >= 11 is 0. The van der Waals surface area contributed by atoms with Gasteiger partial charge in [-0.25, -0.2) is 4.98 Å². The number of hydrogen-bond donors (Lipinski definition) is 2. The van der Waals surface area contributed by atoms with Gasteiger partial charge < -0.3 is 5.32 Å². The van der Waals surface area contributed by atoms with E-state index in [-0.39, 0.29) is 5.91 Å². The molecule has 25 heavy (non-hydrogen) atoms. The number of aromatic amines is 1. The van der Waals surface area contributed by atoms with Crippen molar-refractivity contribution in [2.75, 3.05) is 5.32 Å². The molecule has 1 heterocycles. The first-order valence-electron chi connectivity index (χ1n) is 8.11. The van der Waals surface area contributed by atoms with Crippen LogP contribution in [0.1, 0.15) is 19.4 Å². The van der Waals surface area contributed by atoms with Gasteiger partial charge in [0.1, 0.15) is 0 Å². The molecular weight excluding hydrogens is 312 g/mol. The molecule has 0 bridgehead atoms. The number of benzene rings is 2. The van der Waals surface area contributed by atoms with Crippen molar-refractivity contribution >= 4 is 11.6 Å². The zero-order chi connectivity index (χ0) is 17.8. The lowest BCUT2D eigenvalue weighted by atomic mass is 10.1. The molecule has 0 spiro atoms. The highest BCUT2D eigenvalue weighted by Gasteiger charge is 2.09. The molecule has 5 nitrogen and oxygen atoms in total. The van der Waals surface area contributed by atoms with Crippen LogP contribution in [0, 0.1) is 6.92 Å². The molecule has 0 aliphatic rings. The second kappa shape index (κ2) is 7.13. The predicted molar refractivity (Wildman–Crippen MR) is 100 cm³/mol. The Morgan fingerprint density at radius 3 is 2.56 bits per heavy atom. The Balaban J connectivity index is 1.78. The van der Waals surface area contributed by atoms with Crippen LogP contribution < -0.4 is 5.32 Å². The number of H-pyrrole nitrogens is 1. The number of carbonyl (C=O) groups is 1. The zero-order valence-corrected chi connectivity index (χ0v) is 14.5. The molecule has 1 aromatic heterocycles. The van der Waals surface area contributed by atoms with Gasteiger partial charge in [0.2, 0.25) is 0 Å². The summed E-state index contributed by atoms with van der Waals surface area (Å²) in [5, 5.41) is 10.1. The van der Waals surface area contributed by atoms with E-state index >= 15 is 0 Å². The second-order valence-electron chi connectivity index (χ2n) is 5.88. The molecule has 0 radical (unpaired) electrons. The molecule has 126 valence electrons. The maximum atomic E-state index is 11.9. The smallest absolute Gasteiger partial charge is 0.250 e. The largest absolute Gasteiger partial charge is 0.322 e. The Kier molecular flexibility index (Phi) is 4.75. The molecule has 1 amide bonds. The summed E-state index contributed by atoms with van der Waals surface area (Å²) < 4.78 is 0. The van der Waals surface area contributed by atoms with Gasteiger partial charge in [0.25, 0.3) is 5.91 Å². The number of hydrogen-bond acceptors (Lipinski definition) is 3. The van der Waals surface area contributed by atoms with Gasteiger partial charge in [0, 0.05) is 22.4 Å². The quantitative estimate of drug-likeness (QED) is 0.698. The second-order valence-corrected chi connectivity index (χ2v) is 5.88. The van der Waals surface area contributed by atoms with E-state index in [1.54, 1.807) is 13.0 Å². The van der Waals surface area contributed by atoms with Gasteiger partial charge in [-0.3, -0.25) is 9.89 Å². The molecule has 3 rings (SSSR count). The topological polar surface area (TPSA) is 70.7 Å². The van der Waals surface area contributed by atoms with Crippen molar-refractivity contribution in [1.29, 1.82) is 0 Å². The molecule has 2 N–H and O–H groups in total. The van der Waals surface area contributed by atoms with Crippen molar-refractivity contribution in [2.45, 2.75) is 20.8 Å². The van der Waals surface area contributed by atoms with E-state index < -0.39 is 0 Å². The number of aromatic nitrogens is 3. The molecule has 0 atom stereocenters. The highest BCUT2D eigenvalue weighted by molar-refractivity contribution is 6.03. The van der Waals surface area contributed by atoms with Crippen LogP contribution in [-0.4, -0.2) is 21.1 Å². The summed E-state index contributed by atoms with van der Waals surface area (Å²) in [5.41, 5.74) is 4.48. The minimum absolute atomic E-state index is 0.100. The van der Waals surface area contributed by atoms with E-state index in [1.807, 2.05) is 56.3 Å².